The van der Waals surface area contributed by atoms with Crippen molar-refractivity contribution in [2.45, 2.75) is 201 Å². The van der Waals surface area contributed by atoms with Gasteiger partial charge in [-0.05, 0) is 94.8 Å². The minimum Gasteiger partial charge on any atom is -0.377 e. The van der Waals surface area contributed by atoms with Crippen LogP contribution in [0.3, 0.4) is 0 Å². The van der Waals surface area contributed by atoms with Crippen molar-refractivity contribution < 1.29 is 86.5 Å². The van der Waals surface area contributed by atoms with Crippen LogP contribution in [-0.2, 0) is 75.7 Å². The molecule has 24 nitrogen and oxygen atoms in total. The SMILES string of the molecule is CC(C)C1C2CCc3nnn(CCOCCOCCOCCON4C(O)C(C)OC(COP(=O)(O)C(C)C)C4O)c3CCC21.CC(C)CCCNC(=O)CCCCCON1C(O)C(C)OC(COP(=O)(O)C(C)C)C1O. The van der Waals surface area contributed by atoms with E-state index in [1.807, 2.05) is 4.68 Å². The summed E-state index contributed by atoms with van der Waals surface area (Å²) in [6.07, 6.45) is 0.691. The Hall–Kier alpha value is -1.61. The van der Waals surface area contributed by atoms with Gasteiger partial charge in [0.2, 0.25) is 5.91 Å². The van der Waals surface area contributed by atoms with E-state index in [4.69, 9.17) is 42.4 Å². The summed E-state index contributed by atoms with van der Waals surface area (Å²) in [4.78, 5) is 42.6. The first-order valence-electron chi connectivity index (χ1n) is 27.7. The van der Waals surface area contributed by atoms with E-state index in [1.54, 1.807) is 41.5 Å². The molecule has 0 aromatic carbocycles. The molecule has 1 aromatic rings. The van der Waals surface area contributed by atoms with Crippen LogP contribution in [0.1, 0.15) is 132 Å². The number of hydrogen-bond donors (Lipinski definition) is 7. The van der Waals surface area contributed by atoms with E-state index in [0.717, 1.165) is 78.0 Å². The molecule has 7 N–H and O–H groups in total. The number of fused-ring (bicyclic) bond motifs is 2. The van der Waals surface area contributed by atoms with Crippen LogP contribution in [0.15, 0.2) is 0 Å². The fourth-order valence-corrected chi connectivity index (χ4v) is 10.8. The van der Waals surface area contributed by atoms with Gasteiger partial charge in [0.05, 0.1) is 108 Å². The van der Waals surface area contributed by atoms with Crippen molar-refractivity contribution in [1.29, 1.82) is 0 Å². The standard InChI is InChI=1S/C29H53N4O10P.C21H43N2O8P/c1-19(2)27-22-6-8-24-25(9-7-23(22)27)32(31-30-24)10-11-38-12-13-39-14-15-40-16-17-41-33-28(34)21(5)43-26(29(33)35)18-42-44(36,37)20(3)4;1-15(2)10-9-12-22-19(24)11-7-6-8-13-29-23-20(25)17(5)31-18(21(23)26)14-30-32(27,28)16(3)4/h19-23,26-29,34-35H,6-18H2,1-5H3,(H,36,37);15-18,20-21,25-26H,6-14H2,1-5H3,(H,22,24)(H,27,28). The van der Waals surface area contributed by atoms with Gasteiger partial charge in [-0.3, -0.25) is 23.6 Å². The van der Waals surface area contributed by atoms with Gasteiger partial charge in [0.1, 0.15) is 12.2 Å². The average molecular weight is 1130 g/mol. The number of morpholine rings is 2. The molecule has 1 aromatic heterocycles. The molecule has 2 aliphatic carbocycles. The first-order chi connectivity index (χ1) is 36.0. The number of aliphatic hydroxyl groups is 4. The Balaban J connectivity index is 0.000000347. The number of aryl methyl sites for hydroxylation is 1. The number of unbranched alkanes of at least 4 members (excludes halogenated alkanes) is 2. The fraction of sp³-hybridized carbons (Fsp3) is 0.940. The molecule has 2 saturated heterocycles. The third kappa shape index (κ3) is 21.7. The van der Waals surface area contributed by atoms with E-state index >= 15 is 0 Å². The molecule has 13 atom stereocenters. The minimum absolute atomic E-state index is 0.0490. The maximum Gasteiger partial charge on any atom is 0.330 e. The second-order valence-corrected chi connectivity index (χ2v) is 26.5. The lowest BCUT2D eigenvalue weighted by atomic mass is 10.0. The molecule has 1 amide bonds. The van der Waals surface area contributed by atoms with Crippen molar-refractivity contribution >= 4 is 21.1 Å². The molecule has 3 fully saturated rings. The third-order valence-electron chi connectivity index (χ3n) is 14.2. The molecule has 26 heteroatoms. The van der Waals surface area contributed by atoms with Gasteiger partial charge in [0.25, 0.3) is 0 Å². The Bertz CT molecular complexity index is 1910. The minimum atomic E-state index is -3.84. The highest BCUT2D eigenvalue weighted by molar-refractivity contribution is 7.53. The number of aliphatic hydroxyl groups excluding tert-OH is 4. The van der Waals surface area contributed by atoms with Crippen LogP contribution in [0.2, 0.25) is 0 Å². The second kappa shape index (κ2) is 33.3. The van der Waals surface area contributed by atoms with Crippen molar-refractivity contribution in [3.63, 3.8) is 0 Å². The predicted molar refractivity (Wildman–Crippen MR) is 280 cm³/mol. The quantitative estimate of drug-likeness (QED) is 0.0380. The van der Waals surface area contributed by atoms with Gasteiger partial charge in [-0.2, -0.15) is 0 Å². The van der Waals surface area contributed by atoms with Crippen molar-refractivity contribution in [1.82, 2.24) is 30.4 Å². The molecule has 5 rings (SSSR count). The van der Waals surface area contributed by atoms with Crippen LogP contribution < -0.4 is 5.32 Å². The lowest BCUT2D eigenvalue weighted by molar-refractivity contribution is -0.377. The molecule has 4 aliphatic rings. The van der Waals surface area contributed by atoms with E-state index in [0.29, 0.717) is 64.9 Å². The topological polar surface area (TPSA) is 305 Å². The number of hydroxylamine groups is 4. The van der Waals surface area contributed by atoms with Crippen molar-refractivity contribution in [2.75, 3.05) is 72.6 Å². The van der Waals surface area contributed by atoms with Crippen LogP contribution in [-0.4, -0.2) is 194 Å². The molecule has 0 spiro atoms. The number of carbonyl (C=O) groups excluding carboxylic acids is 1. The summed E-state index contributed by atoms with van der Waals surface area (Å²) in [5, 5.41) is 55.5. The normalized spacial score (nSPS) is 28.8. The molecule has 1 saturated carbocycles. The predicted octanol–water partition coefficient (Wildman–Crippen LogP) is 4.36. The zero-order chi connectivity index (χ0) is 56.2. The molecule has 444 valence electrons. The molecule has 2 aliphatic heterocycles. The van der Waals surface area contributed by atoms with Gasteiger partial charge in [-0.15, -0.1) is 15.2 Å². The Kier molecular flexibility index (Phi) is 29.4. The Labute approximate surface area is 451 Å². The first-order valence-corrected chi connectivity index (χ1v) is 31.0. The van der Waals surface area contributed by atoms with Crippen LogP contribution in [0.25, 0.3) is 0 Å². The van der Waals surface area contributed by atoms with Gasteiger partial charge in [0.15, 0.2) is 24.9 Å². The summed E-state index contributed by atoms with van der Waals surface area (Å²) in [7, 11) is -7.65. The maximum absolute atomic E-state index is 12.1. The van der Waals surface area contributed by atoms with Crippen LogP contribution in [0, 0.1) is 29.6 Å². The summed E-state index contributed by atoms with van der Waals surface area (Å²) in [5.74, 6) is 4.07. The number of rotatable bonds is 33. The smallest absolute Gasteiger partial charge is 0.330 e. The van der Waals surface area contributed by atoms with E-state index in [2.05, 4.69) is 43.3 Å². The van der Waals surface area contributed by atoms with Crippen LogP contribution in [0.5, 0.6) is 0 Å². The number of carbonyl (C=O) groups is 1. The summed E-state index contributed by atoms with van der Waals surface area (Å²) in [6, 6.07) is 0. The lowest BCUT2D eigenvalue weighted by Gasteiger charge is -2.43. The van der Waals surface area contributed by atoms with Gasteiger partial charge < -0.3 is 68.3 Å². The summed E-state index contributed by atoms with van der Waals surface area (Å²) in [6.45, 7) is 22.0. The molecule has 13 unspecified atom stereocenters. The highest BCUT2D eigenvalue weighted by Crippen LogP contribution is 2.56. The number of hydrogen-bond acceptors (Lipinski definition) is 20. The second-order valence-electron chi connectivity index (χ2n) is 21.7. The highest BCUT2D eigenvalue weighted by Gasteiger charge is 2.51. The zero-order valence-corrected chi connectivity index (χ0v) is 48.7. The molecule has 0 bridgehead atoms. The lowest BCUT2D eigenvalue weighted by Crippen LogP contribution is -2.61. The molecule has 0 radical (unpaired) electrons. The Morgan fingerprint density at radius 1 is 0.671 bits per heavy atom. The summed E-state index contributed by atoms with van der Waals surface area (Å²) >= 11 is 0. The van der Waals surface area contributed by atoms with Crippen molar-refractivity contribution in [2.24, 2.45) is 29.6 Å². The number of ether oxygens (including phenoxy) is 5. The van der Waals surface area contributed by atoms with Gasteiger partial charge in [0, 0.05) is 13.0 Å². The average Bonchev–Trinajstić information content (AvgIpc) is 3.92. The summed E-state index contributed by atoms with van der Waals surface area (Å²) in [5.41, 5.74) is 1.26. The van der Waals surface area contributed by atoms with E-state index < -0.39 is 75.8 Å². The van der Waals surface area contributed by atoms with E-state index in [-0.39, 0.29) is 38.9 Å². The van der Waals surface area contributed by atoms with Crippen molar-refractivity contribution in [3.8, 4) is 0 Å². The largest absolute Gasteiger partial charge is 0.377 e. The van der Waals surface area contributed by atoms with Crippen LogP contribution >= 0.6 is 15.2 Å². The van der Waals surface area contributed by atoms with Gasteiger partial charge in [-0.1, -0.05) is 67.0 Å². The van der Waals surface area contributed by atoms with Gasteiger partial charge >= 0.3 is 15.2 Å². The number of amides is 1. The highest BCUT2D eigenvalue weighted by atomic mass is 31.2. The van der Waals surface area contributed by atoms with E-state index in [1.165, 1.54) is 18.5 Å². The molecular weight excluding hydrogens is 1030 g/mol. The number of nitrogens with one attached hydrogen (secondary N) is 1. The molecule has 3 heterocycles. The first kappa shape index (κ1) is 66.9. The maximum atomic E-state index is 12.1. The number of aromatic nitrogens is 3. The Morgan fingerprint density at radius 3 is 1.68 bits per heavy atom. The summed E-state index contributed by atoms with van der Waals surface area (Å²) < 4.78 is 64.2. The van der Waals surface area contributed by atoms with Crippen LogP contribution in [0.4, 0.5) is 0 Å². The Morgan fingerprint density at radius 2 is 1.17 bits per heavy atom. The van der Waals surface area contributed by atoms with E-state index in [9.17, 15) is 44.1 Å². The van der Waals surface area contributed by atoms with Crippen molar-refractivity contribution in [3.05, 3.63) is 11.4 Å². The third-order valence-corrected chi connectivity index (χ3v) is 17.9. The number of nitrogens with zero attached hydrogens (tertiary/aromatic N) is 5. The van der Waals surface area contributed by atoms with Gasteiger partial charge in [-0.25, -0.2) is 4.68 Å². The zero-order valence-electron chi connectivity index (χ0n) is 46.9. The molecular formula is C50H96N6O18P2. The monoisotopic (exact) mass is 1130 g/mol. The fourth-order valence-electron chi connectivity index (χ4n) is 9.46. The molecule has 76 heavy (non-hydrogen) atoms.